The van der Waals surface area contributed by atoms with Gasteiger partial charge in [0.1, 0.15) is 5.69 Å². The Morgan fingerprint density at radius 3 is 1.74 bits per heavy atom. The molecule has 0 saturated heterocycles. The van der Waals surface area contributed by atoms with Crippen LogP contribution in [0.1, 0.15) is 0 Å². The summed E-state index contributed by atoms with van der Waals surface area (Å²) in [4.78, 5) is 14.7. The smallest absolute Gasteiger partial charge is 0.330 e. The summed E-state index contributed by atoms with van der Waals surface area (Å²) in [6.07, 6.45) is 0. The van der Waals surface area contributed by atoms with E-state index < -0.39 is 12.0 Å². The van der Waals surface area contributed by atoms with E-state index in [4.69, 9.17) is 30.1 Å². The zero-order valence-electron chi connectivity index (χ0n) is 14.1. The first-order chi connectivity index (χ1) is 10.8. The van der Waals surface area contributed by atoms with Crippen molar-refractivity contribution in [1.82, 2.24) is 4.90 Å². The fourth-order valence-electron chi connectivity index (χ4n) is 2.01. The molecule has 0 atom stereocenters. The quantitative estimate of drug-likeness (QED) is 0.619. The van der Waals surface area contributed by atoms with Crippen LogP contribution in [0.2, 0.25) is 0 Å². The Morgan fingerprint density at radius 1 is 1.00 bits per heavy atom. The van der Waals surface area contributed by atoms with Crippen molar-refractivity contribution < 1.29 is 23.7 Å². The molecule has 128 valence electrons. The van der Waals surface area contributed by atoms with Gasteiger partial charge in [0, 0.05) is 20.2 Å². The molecule has 9 heteroatoms. The first-order valence-electron chi connectivity index (χ1n) is 6.56. The number of hydrogen-bond acceptors (Lipinski definition) is 6. The number of nitrogens with two attached hydrogens (primary N) is 1. The lowest BCUT2D eigenvalue weighted by Gasteiger charge is -2.27. The molecule has 0 saturated carbocycles. The van der Waals surface area contributed by atoms with Crippen molar-refractivity contribution in [2.75, 3.05) is 47.4 Å². The molecule has 23 heavy (non-hydrogen) atoms. The van der Waals surface area contributed by atoms with E-state index in [1.807, 2.05) is 0 Å². The minimum absolute atomic E-state index is 0.290. The number of benzene rings is 1. The molecule has 2 amide bonds. The number of carbonyl (C=O) groups is 1. The molecule has 0 aliphatic heterocycles. The number of methoxy groups -OCH3 is 4. The Kier molecular flexibility index (Phi) is 5.88. The molecule has 0 bridgehead atoms. The van der Waals surface area contributed by atoms with E-state index in [0.29, 0.717) is 17.2 Å². The van der Waals surface area contributed by atoms with Crippen molar-refractivity contribution in [1.29, 1.82) is 5.41 Å². The Morgan fingerprint density at radius 2 is 1.43 bits per heavy atom. The molecule has 0 heterocycles. The van der Waals surface area contributed by atoms with Gasteiger partial charge in [0.15, 0.2) is 29.0 Å². The van der Waals surface area contributed by atoms with Gasteiger partial charge in [-0.1, -0.05) is 0 Å². The second kappa shape index (κ2) is 7.43. The van der Waals surface area contributed by atoms with E-state index in [9.17, 15) is 4.79 Å². The SMILES string of the molecule is COc1cc(OC)c(OC)c(N(C)C(=O)N(C)C(=N)N)c1OC. The van der Waals surface area contributed by atoms with Crippen molar-refractivity contribution in [2.45, 2.75) is 0 Å². The van der Waals surface area contributed by atoms with Crippen LogP contribution in [-0.2, 0) is 0 Å². The molecule has 0 aliphatic rings. The summed E-state index contributed by atoms with van der Waals surface area (Å²) in [7, 11) is 8.72. The molecule has 9 nitrogen and oxygen atoms in total. The number of rotatable bonds is 5. The van der Waals surface area contributed by atoms with E-state index in [1.54, 1.807) is 6.07 Å². The Balaban J connectivity index is 3.58. The average Bonchev–Trinajstić information content (AvgIpc) is 2.57. The van der Waals surface area contributed by atoms with Crippen molar-refractivity contribution >= 4 is 17.7 Å². The van der Waals surface area contributed by atoms with Crippen LogP contribution in [0.4, 0.5) is 10.5 Å². The molecular weight excluding hydrogens is 304 g/mol. The molecule has 0 unspecified atom stereocenters. The van der Waals surface area contributed by atoms with Gasteiger partial charge in [-0.25, -0.2) is 4.79 Å². The van der Waals surface area contributed by atoms with E-state index in [-0.39, 0.29) is 11.5 Å². The highest BCUT2D eigenvalue weighted by Crippen LogP contribution is 2.50. The molecule has 0 spiro atoms. The monoisotopic (exact) mass is 326 g/mol. The number of guanidine groups is 1. The second-order valence-corrected chi connectivity index (χ2v) is 4.48. The maximum Gasteiger partial charge on any atom is 0.330 e. The number of amides is 2. The number of urea groups is 1. The molecule has 0 aromatic heterocycles. The van der Waals surface area contributed by atoms with E-state index >= 15 is 0 Å². The molecule has 3 N–H and O–H groups in total. The van der Waals surface area contributed by atoms with Gasteiger partial charge in [0.25, 0.3) is 0 Å². The highest BCUT2D eigenvalue weighted by Gasteiger charge is 2.29. The standard InChI is InChI=1S/C14H22N4O5/c1-17(14(19)18(2)13(15)16)10-11(22-5)8(20-3)7-9(21-4)12(10)23-6/h7H,1-6H3,(H3,15,16). The summed E-state index contributed by atoms with van der Waals surface area (Å²) in [5.74, 6) is 0.918. The van der Waals surface area contributed by atoms with Crippen LogP contribution in [0.15, 0.2) is 6.07 Å². The topological polar surface area (TPSA) is 110 Å². The summed E-state index contributed by atoms with van der Waals surface area (Å²) < 4.78 is 21.3. The number of nitrogens with zero attached hydrogens (tertiary/aromatic N) is 2. The maximum atomic E-state index is 12.5. The normalized spacial score (nSPS) is 9.83. The van der Waals surface area contributed by atoms with E-state index in [2.05, 4.69) is 0 Å². The van der Waals surface area contributed by atoms with Gasteiger partial charge in [-0.2, -0.15) is 0 Å². The van der Waals surface area contributed by atoms with Crippen molar-refractivity contribution in [2.24, 2.45) is 5.73 Å². The largest absolute Gasteiger partial charge is 0.493 e. The van der Waals surface area contributed by atoms with Crippen LogP contribution < -0.4 is 29.6 Å². The third-order valence-corrected chi connectivity index (χ3v) is 3.26. The molecule has 0 fully saturated rings. The van der Waals surface area contributed by atoms with Crippen LogP contribution in [0, 0.1) is 5.41 Å². The van der Waals surface area contributed by atoms with Crippen LogP contribution >= 0.6 is 0 Å². The molecule has 1 aromatic carbocycles. The fraction of sp³-hybridized carbons (Fsp3) is 0.429. The molecule has 1 aromatic rings. The summed E-state index contributed by atoms with van der Waals surface area (Å²) in [6, 6.07) is 1.04. The summed E-state index contributed by atoms with van der Waals surface area (Å²) in [5, 5.41) is 7.38. The zero-order chi connectivity index (χ0) is 17.7. The average molecular weight is 326 g/mol. The fourth-order valence-corrected chi connectivity index (χ4v) is 2.01. The van der Waals surface area contributed by atoms with Crippen LogP contribution in [0.25, 0.3) is 0 Å². The molecule has 0 radical (unpaired) electrons. The van der Waals surface area contributed by atoms with E-state index in [1.165, 1.54) is 47.4 Å². The minimum Gasteiger partial charge on any atom is -0.493 e. The number of ether oxygens (including phenoxy) is 4. The number of nitrogens with one attached hydrogen (secondary N) is 1. The van der Waals surface area contributed by atoms with Crippen molar-refractivity contribution in [3.8, 4) is 23.0 Å². The molecular formula is C14H22N4O5. The summed E-state index contributed by atoms with van der Waals surface area (Å²) in [5.41, 5.74) is 5.65. The van der Waals surface area contributed by atoms with Gasteiger partial charge in [-0.15, -0.1) is 0 Å². The maximum absolute atomic E-state index is 12.5. The lowest BCUT2D eigenvalue weighted by Crippen LogP contribution is -2.45. The molecule has 1 rings (SSSR count). The lowest BCUT2D eigenvalue weighted by molar-refractivity contribution is 0.232. The predicted molar refractivity (Wildman–Crippen MR) is 86.1 cm³/mol. The van der Waals surface area contributed by atoms with Gasteiger partial charge in [-0.3, -0.25) is 15.2 Å². The molecule has 0 aliphatic carbocycles. The van der Waals surface area contributed by atoms with Crippen LogP contribution in [0.5, 0.6) is 23.0 Å². The summed E-state index contributed by atoms with van der Waals surface area (Å²) >= 11 is 0. The lowest BCUT2D eigenvalue weighted by atomic mass is 10.2. The number of anilines is 1. The van der Waals surface area contributed by atoms with Crippen molar-refractivity contribution in [3.63, 3.8) is 0 Å². The Labute approximate surface area is 135 Å². The highest BCUT2D eigenvalue weighted by atomic mass is 16.5. The van der Waals surface area contributed by atoms with Crippen molar-refractivity contribution in [3.05, 3.63) is 6.07 Å². The first-order valence-corrected chi connectivity index (χ1v) is 6.56. The Bertz CT molecular complexity index is 575. The van der Waals surface area contributed by atoms with Gasteiger partial charge >= 0.3 is 6.03 Å². The van der Waals surface area contributed by atoms with Gasteiger partial charge in [0.05, 0.1) is 28.4 Å². The zero-order valence-corrected chi connectivity index (χ0v) is 14.1. The van der Waals surface area contributed by atoms with Gasteiger partial charge in [0.2, 0.25) is 0 Å². The minimum atomic E-state index is -0.551. The van der Waals surface area contributed by atoms with E-state index in [0.717, 1.165) is 4.90 Å². The third kappa shape index (κ3) is 3.33. The predicted octanol–water partition coefficient (Wildman–Crippen LogP) is 1.10. The van der Waals surface area contributed by atoms with Gasteiger partial charge < -0.3 is 24.7 Å². The summed E-state index contributed by atoms with van der Waals surface area (Å²) in [6.45, 7) is 0. The third-order valence-electron chi connectivity index (χ3n) is 3.26. The van der Waals surface area contributed by atoms with Crippen LogP contribution in [0.3, 0.4) is 0 Å². The van der Waals surface area contributed by atoms with Crippen LogP contribution in [-0.4, -0.2) is 59.4 Å². The van der Waals surface area contributed by atoms with Gasteiger partial charge in [-0.05, 0) is 0 Å². The number of carbonyl (C=O) groups excluding carboxylic acids is 1. The number of hydrogen-bond donors (Lipinski definition) is 2. The first kappa shape index (κ1) is 18.2. The second-order valence-electron chi connectivity index (χ2n) is 4.48. The Hall–Kier alpha value is -2.84. The highest BCUT2D eigenvalue weighted by molar-refractivity contribution is 6.04.